The fourth-order valence-electron chi connectivity index (χ4n) is 4.29. The van der Waals surface area contributed by atoms with E-state index in [1.54, 1.807) is 17.0 Å². The van der Waals surface area contributed by atoms with Crippen molar-refractivity contribution in [3.63, 3.8) is 0 Å². The molecule has 0 bridgehead atoms. The van der Waals surface area contributed by atoms with Gasteiger partial charge in [0.2, 0.25) is 11.8 Å². The topological polar surface area (TPSA) is 99.2 Å². The molecule has 0 unspecified atom stereocenters. The monoisotopic (exact) mass is 401 g/mol. The molecule has 1 aromatic carbocycles. The Morgan fingerprint density at radius 3 is 2.93 bits per heavy atom. The second kappa shape index (κ2) is 7.67. The average molecular weight is 401 g/mol. The van der Waals surface area contributed by atoms with Crippen LogP contribution in [0, 0.1) is 6.92 Å². The second-order valence-corrected chi connectivity index (χ2v) is 8.25. The molecule has 3 amide bonds. The summed E-state index contributed by atoms with van der Waals surface area (Å²) in [5.74, 6) is 0.0515. The molecule has 3 aliphatic heterocycles. The first-order valence-corrected chi connectivity index (χ1v) is 10.2. The summed E-state index contributed by atoms with van der Waals surface area (Å²) in [5, 5.41) is 12.7. The standard InChI is InChI=1S/C21H27N3O5/c1-14-4-5-17-16(11-14)20(28)22-21(29-17)7-6-18(26)24(10-8-21)13-19(27)23-9-2-3-15(25)12-23/h4-5,11,15,25H,2-3,6-10,12-13H2,1H3,(H,22,28)/t15-,21+/m1/s1. The van der Waals surface area contributed by atoms with Gasteiger partial charge in [0, 0.05) is 38.9 Å². The summed E-state index contributed by atoms with van der Waals surface area (Å²) in [7, 11) is 0. The molecule has 0 saturated carbocycles. The summed E-state index contributed by atoms with van der Waals surface area (Å²) in [6.45, 7) is 3.16. The maximum atomic E-state index is 12.6. The number of piperidine rings is 1. The van der Waals surface area contributed by atoms with E-state index in [-0.39, 0.29) is 30.7 Å². The normalized spacial score (nSPS) is 27.2. The minimum absolute atomic E-state index is 0.00857. The molecule has 3 aliphatic rings. The molecule has 2 saturated heterocycles. The van der Waals surface area contributed by atoms with Gasteiger partial charge in [-0.2, -0.15) is 0 Å². The number of hydrogen-bond acceptors (Lipinski definition) is 5. The number of benzene rings is 1. The Morgan fingerprint density at radius 1 is 1.31 bits per heavy atom. The van der Waals surface area contributed by atoms with Crippen LogP contribution in [0.1, 0.15) is 48.0 Å². The predicted octanol–water partition coefficient (Wildman–Crippen LogP) is 0.809. The van der Waals surface area contributed by atoms with Crippen molar-refractivity contribution in [1.82, 2.24) is 15.1 Å². The van der Waals surface area contributed by atoms with Crippen LogP contribution in [0.4, 0.5) is 0 Å². The maximum Gasteiger partial charge on any atom is 0.258 e. The van der Waals surface area contributed by atoms with E-state index in [0.717, 1.165) is 12.0 Å². The summed E-state index contributed by atoms with van der Waals surface area (Å²) in [5.41, 5.74) is 0.539. The number of carbonyl (C=O) groups is 3. The molecular formula is C21H27N3O5. The van der Waals surface area contributed by atoms with Gasteiger partial charge in [-0.3, -0.25) is 14.4 Å². The molecule has 0 radical (unpaired) electrons. The lowest BCUT2D eigenvalue weighted by atomic mass is 9.99. The van der Waals surface area contributed by atoms with Crippen LogP contribution in [0.5, 0.6) is 5.75 Å². The number of nitrogens with zero attached hydrogens (tertiary/aromatic N) is 2. The second-order valence-electron chi connectivity index (χ2n) is 8.25. The van der Waals surface area contributed by atoms with Crippen molar-refractivity contribution >= 4 is 17.7 Å². The molecule has 1 spiro atoms. The van der Waals surface area contributed by atoms with Gasteiger partial charge in [0.1, 0.15) is 5.75 Å². The third-order valence-electron chi connectivity index (χ3n) is 5.98. The third-order valence-corrected chi connectivity index (χ3v) is 5.98. The number of fused-ring (bicyclic) bond motifs is 1. The summed E-state index contributed by atoms with van der Waals surface area (Å²) < 4.78 is 6.16. The van der Waals surface area contributed by atoms with Gasteiger partial charge in [-0.15, -0.1) is 0 Å². The fraction of sp³-hybridized carbons (Fsp3) is 0.571. The summed E-state index contributed by atoms with van der Waals surface area (Å²) in [6.07, 6.45) is 1.93. The zero-order valence-electron chi connectivity index (χ0n) is 16.6. The largest absolute Gasteiger partial charge is 0.467 e. The number of ether oxygens (including phenoxy) is 1. The van der Waals surface area contributed by atoms with Crippen LogP contribution in [0.3, 0.4) is 0 Å². The average Bonchev–Trinajstić information content (AvgIpc) is 2.83. The van der Waals surface area contributed by atoms with Crippen LogP contribution in [0.25, 0.3) is 0 Å². The Kier molecular flexibility index (Phi) is 5.21. The van der Waals surface area contributed by atoms with Crippen LogP contribution in [0.15, 0.2) is 18.2 Å². The van der Waals surface area contributed by atoms with Crippen LogP contribution < -0.4 is 10.1 Å². The lowest BCUT2D eigenvalue weighted by molar-refractivity contribution is -0.141. The molecule has 2 fully saturated rings. The number of aliphatic hydroxyl groups excluding tert-OH is 1. The molecule has 4 rings (SSSR count). The maximum absolute atomic E-state index is 12.6. The van der Waals surface area contributed by atoms with Crippen molar-refractivity contribution in [2.45, 2.75) is 50.9 Å². The zero-order chi connectivity index (χ0) is 20.6. The molecule has 29 heavy (non-hydrogen) atoms. The van der Waals surface area contributed by atoms with Crippen molar-refractivity contribution in [1.29, 1.82) is 0 Å². The Labute approximate surface area is 169 Å². The Morgan fingerprint density at radius 2 is 2.14 bits per heavy atom. The van der Waals surface area contributed by atoms with E-state index >= 15 is 0 Å². The number of amides is 3. The van der Waals surface area contributed by atoms with Gasteiger partial charge < -0.3 is 25.0 Å². The van der Waals surface area contributed by atoms with Crippen molar-refractivity contribution in [3.05, 3.63) is 29.3 Å². The molecule has 0 aromatic heterocycles. The molecule has 1 aromatic rings. The molecule has 8 nitrogen and oxygen atoms in total. The SMILES string of the molecule is Cc1ccc2c(c1)C(=O)N[C@@]1(CCC(=O)N(CC(=O)N3CCC[C@@H](O)C3)CC1)O2. The highest BCUT2D eigenvalue weighted by molar-refractivity contribution is 5.98. The van der Waals surface area contributed by atoms with Crippen LogP contribution in [0.2, 0.25) is 0 Å². The highest BCUT2D eigenvalue weighted by Gasteiger charge is 2.43. The molecule has 2 atom stereocenters. The van der Waals surface area contributed by atoms with Crippen molar-refractivity contribution in [3.8, 4) is 5.75 Å². The van der Waals surface area contributed by atoms with Crippen molar-refractivity contribution in [2.75, 3.05) is 26.2 Å². The Balaban J connectivity index is 1.44. The lowest BCUT2D eigenvalue weighted by Crippen LogP contribution is -2.56. The number of rotatable bonds is 2. The first-order chi connectivity index (χ1) is 13.8. The van der Waals surface area contributed by atoms with Gasteiger partial charge in [-0.05, 0) is 31.9 Å². The van der Waals surface area contributed by atoms with Crippen LogP contribution >= 0.6 is 0 Å². The number of nitrogens with one attached hydrogen (secondary N) is 1. The van der Waals surface area contributed by atoms with Crippen molar-refractivity contribution in [2.24, 2.45) is 0 Å². The highest BCUT2D eigenvalue weighted by Crippen LogP contribution is 2.34. The minimum Gasteiger partial charge on any atom is -0.467 e. The van der Waals surface area contributed by atoms with Gasteiger partial charge in [0.25, 0.3) is 5.91 Å². The Hall–Kier alpha value is -2.61. The number of hydrogen-bond donors (Lipinski definition) is 2. The zero-order valence-corrected chi connectivity index (χ0v) is 16.6. The van der Waals surface area contributed by atoms with Gasteiger partial charge in [0.15, 0.2) is 5.72 Å². The lowest BCUT2D eigenvalue weighted by Gasteiger charge is -2.38. The van der Waals surface area contributed by atoms with E-state index in [0.29, 0.717) is 50.2 Å². The highest BCUT2D eigenvalue weighted by atomic mass is 16.5. The summed E-state index contributed by atoms with van der Waals surface area (Å²) in [6, 6.07) is 5.48. The van der Waals surface area contributed by atoms with E-state index < -0.39 is 11.8 Å². The van der Waals surface area contributed by atoms with Gasteiger partial charge in [-0.25, -0.2) is 0 Å². The first-order valence-electron chi connectivity index (χ1n) is 10.2. The number of likely N-dealkylation sites (tertiary alicyclic amines) is 2. The van der Waals surface area contributed by atoms with Crippen LogP contribution in [-0.4, -0.2) is 70.6 Å². The quantitative estimate of drug-likeness (QED) is 0.764. The number of aliphatic hydroxyl groups is 1. The van der Waals surface area contributed by atoms with E-state index in [2.05, 4.69) is 5.32 Å². The first kappa shape index (κ1) is 19.7. The smallest absolute Gasteiger partial charge is 0.258 e. The Bertz CT molecular complexity index is 842. The predicted molar refractivity (Wildman–Crippen MR) is 104 cm³/mol. The summed E-state index contributed by atoms with van der Waals surface area (Å²) in [4.78, 5) is 41.0. The van der Waals surface area contributed by atoms with Gasteiger partial charge in [-0.1, -0.05) is 11.6 Å². The number of aryl methyl sites for hydroxylation is 1. The molecule has 156 valence electrons. The number of carbonyl (C=O) groups excluding carboxylic acids is 3. The van der Waals surface area contributed by atoms with Gasteiger partial charge in [0.05, 0.1) is 18.2 Å². The molecule has 3 heterocycles. The minimum atomic E-state index is -0.936. The summed E-state index contributed by atoms with van der Waals surface area (Å²) >= 11 is 0. The molecular weight excluding hydrogens is 374 g/mol. The van der Waals surface area contributed by atoms with E-state index in [9.17, 15) is 19.5 Å². The van der Waals surface area contributed by atoms with E-state index in [1.807, 2.05) is 13.0 Å². The number of β-amino-alcohol motifs (C(OH)–C–C–N with tert-alkyl or cyclic N) is 1. The molecule has 2 N–H and O–H groups in total. The van der Waals surface area contributed by atoms with E-state index in [4.69, 9.17) is 4.74 Å². The van der Waals surface area contributed by atoms with E-state index in [1.165, 1.54) is 4.90 Å². The van der Waals surface area contributed by atoms with Crippen LogP contribution in [-0.2, 0) is 9.59 Å². The molecule has 8 heteroatoms. The van der Waals surface area contributed by atoms with Crippen molar-refractivity contribution < 1.29 is 24.2 Å². The van der Waals surface area contributed by atoms with Gasteiger partial charge >= 0.3 is 0 Å². The fourth-order valence-corrected chi connectivity index (χ4v) is 4.29. The molecule has 0 aliphatic carbocycles. The third kappa shape index (κ3) is 4.07.